The Balaban J connectivity index is 3.16. The fourth-order valence-electron chi connectivity index (χ4n) is 1.03. The Morgan fingerprint density at radius 1 is 1.67 bits per heavy atom. The number of ether oxygens (including phenoxy) is 1. The molecule has 0 radical (unpaired) electrons. The smallest absolute Gasteiger partial charge is 0.356 e. The number of nitrogens with zero attached hydrogens (tertiary/aromatic N) is 1. The highest BCUT2D eigenvalue weighted by atomic mass is 79.9. The van der Waals surface area contributed by atoms with Crippen molar-refractivity contribution < 1.29 is 18.3 Å². The molecular formula is C9H8BrF2NO2. The van der Waals surface area contributed by atoms with Crippen LogP contribution >= 0.6 is 15.9 Å². The SMILES string of the molecule is COC(=O)c1cc(C(F)F)c(CBr)cn1. The highest BCUT2D eigenvalue weighted by Gasteiger charge is 2.16. The molecule has 1 aromatic heterocycles. The van der Waals surface area contributed by atoms with Crippen molar-refractivity contribution in [3.8, 4) is 0 Å². The summed E-state index contributed by atoms with van der Waals surface area (Å²) in [5.41, 5.74) is 0.0393. The number of rotatable bonds is 3. The Bertz CT molecular complexity index is 371. The molecule has 0 bridgehead atoms. The normalized spacial score (nSPS) is 10.5. The van der Waals surface area contributed by atoms with Crippen molar-refractivity contribution in [2.75, 3.05) is 7.11 Å². The third-order valence-corrected chi connectivity index (χ3v) is 2.40. The molecule has 0 aliphatic rings. The first-order valence-corrected chi connectivity index (χ1v) is 5.13. The van der Waals surface area contributed by atoms with Crippen LogP contribution in [0.2, 0.25) is 0 Å². The van der Waals surface area contributed by atoms with Crippen LogP contribution in [0.4, 0.5) is 8.78 Å². The van der Waals surface area contributed by atoms with Gasteiger partial charge < -0.3 is 4.74 Å². The average molecular weight is 280 g/mol. The second-order valence-electron chi connectivity index (χ2n) is 2.69. The van der Waals surface area contributed by atoms with E-state index in [-0.39, 0.29) is 16.6 Å². The lowest BCUT2D eigenvalue weighted by Gasteiger charge is -2.07. The van der Waals surface area contributed by atoms with E-state index in [9.17, 15) is 13.6 Å². The number of aromatic nitrogens is 1. The fraction of sp³-hybridized carbons (Fsp3) is 0.333. The molecule has 0 fully saturated rings. The lowest BCUT2D eigenvalue weighted by molar-refractivity contribution is 0.0593. The summed E-state index contributed by atoms with van der Waals surface area (Å²) in [6, 6.07) is 1.05. The first-order valence-electron chi connectivity index (χ1n) is 4.01. The molecule has 0 aliphatic carbocycles. The number of hydrogen-bond donors (Lipinski definition) is 0. The van der Waals surface area contributed by atoms with Crippen LogP contribution < -0.4 is 0 Å². The molecule has 0 saturated heterocycles. The number of carbonyl (C=O) groups is 1. The fourth-order valence-corrected chi connectivity index (χ4v) is 1.50. The van der Waals surface area contributed by atoms with Gasteiger partial charge in [-0.3, -0.25) is 0 Å². The van der Waals surface area contributed by atoms with Gasteiger partial charge in [0.1, 0.15) is 5.69 Å². The highest BCUT2D eigenvalue weighted by molar-refractivity contribution is 9.08. The van der Waals surface area contributed by atoms with Gasteiger partial charge >= 0.3 is 5.97 Å². The van der Waals surface area contributed by atoms with Crippen molar-refractivity contribution in [2.24, 2.45) is 0 Å². The molecule has 0 spiro atoms. The quantitative estimate of drug-likeness (QED) is 0.631. The van der Waals surface area contributed by atoms with E-state index < -0.39 is 12.4 Å². The van der Waals surface area contributed by atoms with Crippen molar-refractivity contribution in [1.82, 2.24) is 4.98 Å². The lowest BCUT2D eigenvalue weighted by Crippen LogP contribution is -2.06. The Morgan fingerprint density at radius 2 is 2.33 bits per heavy atom. The minimum atomic E-state index is -2.64. The first-order chi connectivity index (χ1) is 7.10. The number of pyridine rings is 1. The van der Waals surface area contributed by atoms with Crippen molar-refractivity contribution in [1.29, 1.82) is 0 Å². The van der Waals surface area contributed by atoms with Crippen LogP contribution in [-0.2, 0) is 10.1 Å². The van der Waals surface area contributed by atoms with E-state index in [1.807, 2.05) is 0 Å². The molecule has 82 valence electrons. The second-order valence-corrected chi connectivity index (χ2v) is 3.26. The largest absolute Gasteiger partial charge is 0.464 e. The lowest BCUT2D eigenvalue weighted by atomic mass is 10.1. The van der Waals surface area contributed by atoms with Crippen molar-refractivity contribution >= 4 is 21.9 Å². The zero-order valence-corrected chi connectivity index (χ0v) is 9.42. The number of methoxy groups -OCH3 is 1. The summed E-state index contributed by atoms with van der Waals surface area (Å²) in [6.07, 6.45) is -1.40. The van der Waals surface area contributed by atoms with Gasteiger partial charge in [-0.05, 0) is 11.6 Å². The van der Waals surface area contributed by atoms with E-state index in [2.05, 4.69) is 25.7 Å². The summed E-state index contributed by atoms with van der Waals surface area (Å²) in [5, 5.41) is 0.265. The third kappa shape index (κ3) is 2.71. The van der Waals surface area contributed by atoms with Crippen LogP contribution in [0.5, 0.6) is 0 Å². The molecular weight excluding hydrogens is 272 g/mol. The molecule has 0 atom stereocenters. The van der Waals surface area contributed by atoms with E-state index >= 15 is 0 Å². The zero-order chi connectivity index (χ0) is 11.4. The van der Waals surface area contributed by atoms with E-state index in [4.69, 9.17) is 0 Å². The zero-order valence-electron chi connectivity index (χ0n) is 7.84. The molecule has 0 N–H and O–H groups in total. The summed E-state index contributed by atoms with van der Waals surface area (Å²) in [6.45, 7) is 0. The van der Waals surface area contributed by atoms with E-state index in [0.29, 0.717) is 5.56 Å². The number of hydrogen-bond acceptors (Lipinski definition) is 3. The molecule has 0 unspecified atom stereocenters. The maximum Gasteiger partial charge on any atom is 0.356 e. The Morgan fingerprint density at radius 3 is 2.80 bits per heavy atom. The molecule has 15 heavy (non-hydrogen) atoms. The monoisotopic (exact) mass is 279 g/mol. The minimum Gasteiger partial charge on any atom is -0.464 e. The number of alkyl halides is 3. The van der Waals surface area contributed by atoms with E-state index in [1.165, 1.54) is 13.3 Å². The van der Waals surface area contributed by atoms with Gasteiger partial charge in [-0.25, -0.2) is 18.6 Å². The Kier molecular flexibility index (Phi) is 4.14. The van der Waals surface area contributed by atoms with Crippen LogP contribution in [0.1, 0.15) is 28.0 Å². The summed E-state index contributed by atoms with van der Waals surface area (Å²) < 4.78 is 29.5. The van der Waals surface area contributed by atoms with Crippen LogP contribution in [0, 0.1) is 0 Å². The standard InChI is InChI=1S/C9H8BrF2NO2/c1-15-9(14)7-2-6(8(11)12)5(3-10)4-13-7/h2,4,8H,3H2,1H3. The van der Waals surface area contributed by atoms with Crippen LogP contribution in [0.3, 0.4) is 0 Å². The van der Waals surface area contributed by atoms with Crippen molar-refractivity contribution in [2.45, 2.75) is 11.8 Å². The maximum atomic E-state index is 12.6. The second kappa shape index (κ2) is 5.16. The first kappa shape index (κ1) is 12.0. The molecule has 0 aliphatic heterocycles. The van der Waals surface area contributed by atoms with E-state index in [1.54, 1.807) is 0 Å². The van der Waals surface area contributed by atoms with Gasteiger partial charge in [0.2, 0.25) is 0 Å². The summed E-state index contributed by atoms with van der Waals surface area (Å²) >= 11 is 3.07. The molecule has 1 rings (SSSR count). The summed E-state index contributed by atoms with van der Waals surface area (Å²) in [4.78, 5) is 14.8. The van der Waals surface area contributed by atoms with Gasteiger partial charge in [-0.15, -0.1) is 0 Å². The maximum absolute atomic E-state index is 12.6. The van der Waals surface area contributed by atoms with Gasteiger partial charge in [0.15, 0.2) is 0 Å². The average Bonchev–Trinajstić information content (AvgIpc) is 2.27. The van der Waals surface area contributed by atoms with Gasteiger partial charge in [0.05, 0.1) is 7.11 Å². The predicted octanol–water partition coefficient (Wildman–Crippen LogP) is 2.70. The van der Waals surface area contributed by atoms with Gasteiger partial charge in [-0.1, -0.05) is 15.9 Å². The van der Waals surface area contributed by atoms with Crippen LogP contribution in [-0.4, -0.2) is 18.1 Å². The number of halogens is 3. The van der Waals surface area contributed by atoms with Crippen molar-refractivity contribution in [3.05, 3.63) is 29.1 Å². The third-order valence-electron chi connectivity index (χ3n) is 1.80. The highest BCUT2D eigenvalue weighted by Crippen LogP contribution is 2.24. The molecule has 6 heteroatoms. The molecule has 0 amide bonds. The van der Waals surface area contributed by atoms with Gasteiger partial charge in [0, 0.05) is 17.1 Å². The molecule has 1 heterocycles. The summed E-state index contributed by atoms with van der Waals surface area (Å²) in [7, 11) is 1.17. The minimum absolute atomic E-state index is 0.113. The topological polar surface area (TPSA) is 39.2 Å². The predicted molar refractivity (Wildman–Crippen MR) is 53.2 cm³/mol. The number of carbonyl (C=O) groups excluding carboxylic acids is 1. The van der Waals surface area contributed by atoms with Crippen LogP contribution in [0.15, 0.2) is 12.3 Å². The summed E-state index contributed by atoms with van der Waals surface area (Å²) in [5.74, 6) is -0.724. The number of esters is 1. The molecule has 3 nitrogen and oxygen atoms in total. The molecule has 0 aromatic carbocycles. The Hall–Kier alpha value is -1.04. The Labute approximate surface area is 93.6 Å². The van der Waals surface area contributed by atoms with Gasteiger partial charge in [0.25, 0.3) is 6.43 Å². The van der Waals surface area contributed by atoms with E-state index in [0.717, 1.165) is 6.07 Å². The molecule has 0 saturated carbocycles. The van der Waals surface area contributed by atoms with Crippen molar-refractivity contribution in [3.63, 3.8) is 0 Å². The van der Waals surface area contributed by atoms with Gasteiger partial charge in [-0.2, -0.15) is 0 Å². The molecule has 1 aromatic rings. The van der Waals surface area contributed by atoms with Crippen LogP contribution in [0.25, 0.3) is 0 Å².